The van der Waals surface area contributed by atoms with Gasteiger partial charge in [-0.2, -0.15) is 0 Å². The second kappa shape index (κ2) is 4.49. The number of nitrogens with zero attached hydrogens (tertiary/aromatic N) is 3. The Morgan fingerprint density at radius 1 is 1.10 bits per heavy atom. The zero-order valence-corrected chi connectivity index (χ0v) is 11.8. The first-order chi connectivity index (χ1) is 10.2. The second-order valence-corrected chi connectivity index (χ2v) is 4.98. The summed E-state index contributed by atoms with van der Waals surface area (Å²) in [7, 11) is 0. The Morgan fingerprint density at radius 3 is 2.71 bits per heavy atom. The molecule has 6 heteroatoms. The lowest BCUT2D eigenvalue weighted by Crippen LogP contribution is -1.96. The predicted octanol–water partition coefficient (Wildman–Crippen LogP) is 4.24. The Morgan fingerprint density at radius 2 is 2.00 bits per heavy atom. The van der Waals surface area contributed by atoms with Crippen molar-refractivity contribution >= 4 is 22.8 Å². The summed E-state index contributed by atoms with van der Waals surface area (Å²) in [6, 6.07) is 11.0. The molecule has 0 aliphatic carbocycles. The number of fused-ring (bicyclic) bond motifs is 1. The van der Waals surface area contributed by atoms with Gasteiger partial charge in [-0.1, -0.05) is 0 Å². The van der Waals surface area contributed by atoms with Gasteiger partial charge in [0.15, 0.2) is 22.5 Å². The van der Waals surface area contributed by atoms with Crippen LogP contribution in [0.5, 0.6) is 0 Å². The Labute approximate surface area is 124 Å². The molecule has 0 amide bonds. The van der Waals surface area contributed by atoms with Crippen LogP contribution in [0.15, 0.2) is 51.4 Å². The highest BCUT2D eigenvalue weighted by Crippen LogP contribution is 2.30. The molecule has 0 atom stereocenters. The maximum atomic E-state index is 5.87. The Hall–Kier alpha value is -2.53. The molecule has 0 N–H and O–H groups in total. The minimum absolute atomic E-state index is 0.312. The van der Waals surface area contributed by atoms with Crippen molar-refractivity contribution in [3.05, 3.63) is 53.6 Å². The molecule has 5 nitrogen and oxygen atoms in total. The highest BCUT2D eigenvalue weighted by atomic mass is 35.5. The Kier molecular flexibility index (Phi) is 2.62. The van der Waals surface area contributed by atoms with Crippen LogP contribution in [0.4, 0.5) is 0 Å². The quantitative estimate of drug-likeness (QED) is 0.555. The lowest BCUT2D eigenvalue weighted by molar-refractivity contribution is 0.510. The topological polar surface area (TPSA) is 57.0 Å². The van der Waals surface area contributed by atoms with E-state index in [2.05, 4.69) is 9.97 Å². The van der Waals surface area contributed by atoms with Gasteiger partial charge in [0.2, 0.25) is 5.88 Å². The number of rotatable bonds is 2. The van der Waals surface area contributed by atoms with E-state index < -0.39 is 0 Å². The lowest BCUT2D eigenvalue weighted by Gasteiger charge is -2.02. The molecule has 4 aromatic heterocycles. The highest BCUT2D eigenvalue weighted by Gasteiger charge is 2.19. The van der Waals surface area contributed by atoms with Gasteiger partial charge < -0.3 is 8.83 Å². The largest absolute Gasteiger partial charge is 0.445 e. The minimum Gasteiger partial charge on any atom is -0.445 e. The molecule has 0 saturated carbocycles. The average molecular weight is 300 g/mol. The third kappa shape index (κ3) is 1.94. The summed E-state index contributed by atoms with van der Waals surface area (Å²) in [5.74, 6) is 2.61. The van der Waals surface area contributed by atoms with Crippen molar-refractivity contribution in [2.75, 3.05) is 0 Å². The summed E-state index contributed by atoms with van der Waals surface area (Å²) in [4.78, 5) is 8.96. The van der Waals surface area contributed by atoms with Crippen LogP contribution in [0.2, 0.25) is 5.22 Å². The van der Waals surface area contributed by atoms with E-state index in [1.807, 2.05) is 35.8 Å². The summed E-state index contributed by atoms with van der Waals surface area (Å²) >= 11 is 5.87. The molecule has 0 radical (unpaired) electrons. The number of pyridine rings is 1. The van der Waals surface area contributed by atoms with Gasteiger partial charge >= 0.3 is 0 Å². The normalized spacial score (nSPS) is 11.3. The van der Waals surface area contributed by atoms with E-state index in [0.717, 1.165) is 11.3 Å². The van der Waals surface area contributed by atoms with E-state index in [4.69, 9.17) is 20.4 Å². The summed E-state index contributed by atoms with van der Waals surface area (Å²) < 4.78 is 13.0. The van der Waals surface area contributed by atoms with Gasteiger partial charge in [0.25, 0.3) is 0 Å². The van der Waals surface area contributed by atoms with Crippen LogP contribution in [0.3, 0.4) is 0 Å². The molecule has 0 aliphatic rings. The third-order valence-corrected chi connectivity index (χ3v) is 3.36. The Bertz CT molecular complexity index is 935. The molecule has 4 rings (SSSR count). The maximum Gasteiger partial charge on any atom is 0.207 e. The molecule has 0 fully saturated rings. The van der Waals surface area contributed by atoms with Crippen molar-refractivity contribution in [1.29, 1.82) is 0 Å². The van der Waals surface area contributed by atoms with Crippen LogP contribution in [0, 0.1) is 6.92 Å². The fourth-order valence-corrected chi connectivity index (χ4v) is 2.41. The average Bonchev–Trinajstić information content (AvgIpc) is 3.16. The molecule has 21 heavy (non-hydrogen) atoms. The van der Waals surface area contributed by atoms with E-state index in [1.54, 1.807) is 18.3 Å². The first-order valence-corrected chi connectivity index (χ1v) is 6.76. The van der Waals surface area contributed by atoms with E-state index in [0.29, 0.717) is 28.3 Å². The number of aryl methyl sites for hydroxylation is 1. The van der Waals surface area contributed by atoms with Crippen LogP contribution < -0.4 is 0 Å². The number of halogens is 1. The van der Waals surface area contributed by atoms with E-state index in [-0.39, 0.29) is 0 Å². The number of aromatic nitrogens is 3. The van der Waals surface area contributed by atoms with Crippen molar-refractivity contribution in [3.8, 4) is 17.5 Å². The monoisotopic (exact) mass is 299 g/mol. The van der Waals surface area contributed by atoms with E-state index in [9.17, 15) is 0 Å². The van der Waals surface area contributed by atoms with Crippen molar-refractivity contribution in [2.24, 2.45) is 0 Å². The number of imidazole rings is 1. The van der Waals surface area contributed by atoms with Crippen LogP contribution >= 0.6 is 11.6 Å². The van der Waals surface area contributed by atoms with Crippen LogP contribution in [0.1, 0.15) is 5.76 Å². The van der Waals surface area contributed by atoms with Gasteiger partial charge in [-0.25, -0.2) is 14.5 Å². The molecule has 0 unspecified atom stereocenters. The standard InChI is InChI=1S/C15H10ClN3O2/c1-9-4-7-13(20-9)19-14-10(3-2-8-17-14)18-15(19)11-5-6-12(16)21-11/h2-8H,1H3. The fraction of sp³-hybridized carbons (Fsp3) is 0.0667. The molecule has 0 aromatic carbocycles. The SMILES string of the molecule is Cc1ccc(-n2c(-c3ccc(Cl)o3)nc3cccnc32)o1. The first kappa shape index (κ1) is 12.2. The molecular formula is C15H10ClN3O2. The minimum atomic E-state index is 0.312. The van der Waals surface area contributed by atoms with Crippen molar-refractivity contribution < 1.29 is 8.83 Å². The van der Waals surface area contributed by atoms with Crippen molar-refractivity contribution in [3.63, 3.8) is 0 Å². The van der Waals surface area contributed by atoms with E-state index >= 15 is 0 Å². The molecule has 4 heterocycles. The predicted molar refractivity (Wildman–Crippen MR) is 78.6 cm³/mol. The smallest absolute Gasteiger partial charge is 0.207 e. The van der Waals surface area contributed by atoms with Crippen molar-refractivity contribution in [2.45, 2.75) is 6.92 Å². The fourth-order valence-electron chi connectivity index (χ4n) is 2.26. The van der Waals surface area contributed by atoms with Gasteiger partial charge in [0, 0.05) is 12.3 Å². The second-order valence-electron chi connectivity index (χ2n) is 4.60. The lowest BCUT2D eigenvalue weighted by atomic mass is 10.4. The highest BCUT2D eigenvalue weighted by molar-refractivity contribution is 6.28. The van der Waals surface area contributed by atoms with Gasteiger partial charge in [-0.05, 0) is 48.9 Å². The summed E-state index contributed by atoms with van der Waals surface area (Å²) in [6.07, 6.45) is 1.72. The van der Waals surface area contributed by atoms with Gasteiger partial charge in [-0.3, -0.25) is 0 Å². The van der Waals surface area contributed by atoms with Crippen LogP contribution in [-0.2, 0) is 0 Å². The molecule has 0 spiro atoms. The van der Waals surface area contributed by atoms with Crippen molar-refractivity contribution in [1.82, 2.24) is 14.5 Å². The van der Waals surface area contributed by atoms with Crippen LogP contribution in [-0.4, -0.2) is 14.5 Å². The number of hydrogen-bond acceptors (Lipinski definition) is 4. The molecule has 0 bridgehead atoms. The molecule has 0 saturated heterocycles. The molecule has 104 valence electrons. The summed E-state index contributed by atoms with van der Waals surface area (Å²) in [5, 5.41) is 0.312. The van der Waals surface area contributed by atoms with Gasteiger partial charge in [0.1, 0.15) is 11.3 Å². The number of furan rings is 2. The summed E-state index contributed by atoms with van der Waals surface area (Å²) in [5.41, 5.74) is 1.46. The Balaban J connectivity index is 2.06. The van der Waals surface area contributed by atoms with Gasteiger partial charge in [-0.15, -0.1) is 0 Å². The first-order valence-electron chi connectivity index (χ1n) is 6.38. The zero-order chi connectivity index (χ0) is 14.4. The maximum absolute atomic E-state index is 5.87. The third-order valence-electron chi connectivity index (χ3n) is 3.16. The molecule has 4 aromatic rings. The van der Waals surface area contributed by atoms with Crippen LogP contribution in [0.25, 0.3) is 28.6 Å². The zero-order valence-electron chi connectivity index (χ0n) is 11.1. The molecule has 0 aliphatic heterocycles. The number of hydrogen-bond donors (Lipinski definition) is 0. The van der Waals surface area contributed by atoms with E-state index in [1.165, 1.54) is 0 Å². The molecular weight excluding hydrogens is 290 g/mol. The summed E-state index contributed by atoms with van der Waals surface area (Å²) in [6.45, 7) is 1.89. The van der Waals surface area contributed by atoms with Gasteiger partial charge in [0.05, 0.1) is 0 Å².